The van der Waals surface area contributed by atoms with E-state index < -0.39 is 14.9 Å². The molecule has 4 rings (SSSR count). The summed E-state index contributed by atoms with van der Waals surface area (Å²) in [7, 11) is -2.20. The van der Waals surface area contributed by atoms with Crippen LogP contribution in [-0.2, 0) is 16.6 Å². The lowest BCUT2D eigenvalue weighted by Crippen LogP contribution is -2.32. The van der Waals surface area contributed by atoms with Crippen LogP contribution < -0.4 is 9.64 Å². The molecule has 0 aromatic heterocycles. The Labute approximate surface area is 176 Å². The average molecular weight is 432 g/mol. The van der Waals surface area contributed by atoms with Crippen LogP contribution in [0.3, 0.4) is 0 Å². The maximum atomic E-state index is 13.4. The highest BCUT2D eigenvalue weighted by atomic mass is 32.2. The zero-order valence-corrected chi connectivity index (χ0v) is 17.7. The van der Waals surface area contributed by atoms with Gasteiger partial charge in [-0.3, -0.25) is 10.1 Å². The minimum Gasteiger partial charge on any atom is -0.497 e. The average Bonchev–Trinajstić information content (AvgIpc) is 3.43. The van der Waals surface area contributed by atoms with Crippen molar-refractivity contribution in [2.75, 3.05) is 25.1 Å². The normalized spacial score (nSPS) is 17.1. The number of sulfonamides is 1. The SMILES string of the molecule is COc1ccc(CN(c2ccc([N+](=O)[O-])cc2S(=O)(=O)N2CCCC2)C2CC2)cc1. The van der Waals surface area contributed by atoms with E-state index in [0.29, 0.717) is 25.3 Å². The molecule has 1 saturated carbocycles. The van der Waals surface area contributed by atoms with Crippen LogP contribution in [0.5, 0.6) is 5.75 Å². The van der Waals surface area contributed by atoms with Crippen molar-refractivity contribution in [3.05, 3.63) is 58.1 Å². The van der Waals surface area contributed by atoms with E-state index in [1.54, 1.807) is 13.2 Å². The van der Waals surface area contributed by atoms with Crippen LogP contribution in [0.25, 0.3) is 0 Å². The number of nitro groups is 1. The van der Waals surface area contributed by atoms with Crippen molar-refractivity contribution >= 4 is 21.4 Å². The number of ether oxygens (including phenoxy) is 1. The Hall–Kier alpha value is -2.65. The maximum Gasteiger partial charge on any atom is 0.270 e. The van der Waals surface area contributed by atoms with Crippen LogP contribution in [0.15, 0.2) is 47.4 Å². The van der Waals surface area contributed by atoms with Gasteiger partial charge in [0.25, 0.3) is 5.69 Å². The summed E-state index contributed by atoms with van der Waals surface area (Å²) in [6, 6.07) is 12.1. The molecule has 1 aliphatic carbocycles. The van der Waals surface area contributed by atoms with E-state index in [2.05, 4.69) is 4.90 Å². The van der Waals surface area contributed by atoms with Crippen LogP contribution >= 0.6 is 0 Å². The Morgan fingerprint density at radius 2 is 1.80 bits per heavy atom. The molecule has 0 bridgehead atoms. The third-order valence-electron chi connectivity index (χ3n) is 5.65. The molecule has 8 nitrogen and oxygen atoms in total. The molecule has 0 amide bonds. The monoisotopic (exact) mass is 431 g/mol. The largest absolute Gasteiger partial charge is 0.497 e. The third kappa shape index (κ3) is 4.13. The van der Waals surface area contributed by atoms with Gasteiger partial charge >= 0.3 is 0 Å². The summed E-state index contributed by atoms with van der Waals surface area (Å²) in [5, 5.41) is 11.4. The van der Waals surface area contributed by atoms with Crippen LogP contribution in [0.4, 0.5) is 11.4 Å². The predicted molar refractivity (Wildman–Crippen MR) is 113 cm³/mol. The Morgan fingerprint density at radius 3 is 2.37 bits per heavy atom. The lowest BCUT2D eigenvalue weighted by Gasteiger charge is -2.28. The predicted octanol–water partition coefficient (Wildman–Crippen LogP) is 3.56. The molecule has 0 spiro atoms. The van der Waals surface area contributed by atoms with Crippen molar-refractivity contribution < 1.29 is 18.1 Å². The van der Waals surface area contributed by atoms with E-state index in [1.807, 2.05) is 24.3 Å². The van der Waals surface area contributed by atoms with E-state index in [1.165, 1.54) is 16.4 Å². The fourth-order valence-corrected chi connectivity index (χ4v) is 5.59. The van der Waals surface area contributed by atoms with Gasteiger partial charge in [-0.05, 0) is 49.4 Å². The molecule has 1 heterocycles. The topological polar surface area (TPSA) is 93.0 Å². The van der Waals surface area contributed by atoms with E-state index in [4.69, 9.17) is 4.74 Å². The Bertz CT molecular complexity index is 1030. The first kappa shape index (κ1) is 20.6. The number of anilines is 1. The molecule has 2 aliphatic rings. The first-order chi connectivity index (χ1) is 14.4. The second kappa shape index (κ2) is 8.23. The molecular formula is C21H25N3O5S. The number of nitrogens with zero attached hydrogens (tertiary/aromatic N) is 3. The van der Waals surface area contributed by atoms with Gasteiger partial charge in [0.2, 0.25) is 10.0 Å². The molecule has 1 saturated heterocycles. The summed E-state index contributed by atoms with van der Waals surface area (Å²) in [6.45, 7) is 1.42. The fraction of sp³-hybridized carbons (Fsp3) is 0.429. The van der Waals surface area contributed by atoms with Gasteiger partial charge < -0.3 is 9.64 Å². The van der Waals surface area contributed by atoms with Crippen LogP contribution in [-0.4, -0.2) is 43.9 Å². The lowest BCUT2D eigenvalue weighted by atomic mass is 10.1. The number of non-ortho nitro benzene ring substituents is 1. The summed E-state index contributed by atoms with van der Waals surface area (Å²) in [6.07, 6.45) is 3.55. The van der Waals surface area contributed by atoms with E-state index in [9.17, 15) is 18.5 Å². The summed E-state index contributed by atoms with van der Waals surface area (Å²) in [4.78, 5) is 12.9. The second-order valence-corrected chi connectivity index (χ2v) is 9.63. The van der Waals surface area contributed by atoms with Gasteiger partial charge in [-0.25, -0.2) is 8.42 Å². The standard InChI is InChI=1S/C21H25N3O5S/c1-29-19-9-4-16(5-10-19)15-23(17-6-7-17)20-11-8-18(24(25)26)14-21(20)30(27,28)22-12-2-3-13-22/h4-5,8-11,14,17H,2-3,6-7,12-13,15H2,1H3. The molecule has 0 N–H and O–H groups in total. The molecular weight excluding hydrogens is 406 g/mol. The molecule has 0 unspecified atom stereocenters. The van der Waals surface area contributed by atoms with Crippen molar-refractivity contribution in [3.63, 3.8) is 0 Å². The first-order valence-corrected chi connectivity index (χ1v) is 11.5. The lowest BCUT2D eigenvalue weighted by molar-refractivity contribution is -0.385. The summed E-state index contributed by atoms with van der Waals surface area (Å²) in [5.74, 6) is 0.754. The van der Waals surface area contributed by atoms with E-state index in [-0.39, 0.29) is 16.6 Å². The highest BCUT2D eigenvalue weighted by Gasteiger charge is 2.36. The number of rotatable bonds is 8. The van der Waals surface area contributed by atoms with E-state index >= 15 is 0 Å². The molecule has 30 heavy (non-hydrogen) atoms. The van der Waals surface area contributed by atoms with Gasteiger partial charge in [0.1, 0.15) is 10.6 Å². The number of nitro benzene ring substituents is 1. The molecule has 160 valence electrons. The van der Waals surface area contributed by atoms with Crippen molar-refractivity contribution in [1.82, 2.24) is 4.31 Å². The molecule has 1 aliphatic heterocycles. The minimum atomic E-state index is -3.81. The van der Waals surface area contributed by atoms with Gasteiger partial charge in [-0.2, -0.15) is 4.31 Å². The van der Waals surface area contributed by atoms with Crippen molar-refractivity contribution in [1.29, 1.82) is 0 Å². The quantitative estimate of drug-likeness (QED) is 0.469. The van der Waals surface area contributed by atoms with Crippen molar-refractivity contribution in [3.8, 4) is 5.75 Å². The Kier molecular flexibility index (Phi) is 5.66. The molecule has 2 aromatic rings. The summed E-state index contributed by atoms with van der Waals surface area (Å²) < 4.78 is 33.4. The molecule has 2 fully saturated rings. The Balaban J connectivity index is 1.75. The molecule has 0 atom stereocenters. The number of hydrogen-bond donors (Lipinski definition) is 0. The third-order valence-corrected chi connectivity index (χ3v) is 7.57. The number of methoxy groups -OCH3 is 1. The number of benzene rings is 2. The van der Waals surface area contributed by atoms with Crippen LogP contribution in [0.2, 0.25) is 0 Å². The van der Waals surface area contributed by atoms with Gasteiger partial charge in [-0.1, -0.05) is 12.1 Å². The zero-order valence-electron chi connectivity index (χ0n) is 16.9. The minimum absolute atomic E-state index is 0.0269. The highest BCUT2D eigenvalue weighted by Crippen LogP contribution is 2.39. The fourth-order valence-electron chi connectivity index (χ4n) is 3.85. The zero-order chi connectivity index (χ0) is 21.3. The number of hydrogen-bond acceptors (Lipinski definition) is 6. The Morgan fingerprint density at radius 1 is 1.13 bits per heavy atom. The van der Waals surface area contributed by atoms with E-state index in [0.717, 1.165) is 37.0 Å². The highest BCUT2D eigenvalue weighted by molar-refractivity contribution is 7.89. The molecule has 9 heteroatoms. The van der Waals surface area contributed by atoms with Crippen LogP contribution in [0, 0.1) is 10.1 Å². The maximum absolute atomic E-state index is 13.4. The van der Waals surface area contributed by atoms with Crippen LogP contribution in [0.1, 0.15) is 31.2 Å². The van der Waals surface area contributed by atoms with Gasteiger partial charge in [-0.15, -0.1) is 0 Å². The first-order valence-electron chi connectivity index (χ1n) is 10.1. The summed E-state index contributed by atoms with van der Waals surface area (Å²) >= 11 is 0. The van der Waals surface area contributed by atoms with Crippen molar-refractivity contribution in [2.45, 2.75) is 43.2 Å². The summed E-state index contributed by atoms with van der Waals surface area (Å²) in [5.41, 5.74) is 1.34. The van der Waals surface area contributed by atoms with Gasteiger partial charge in [0.15, 0.2) is 0 Å². The van der Waals surface area contributed by atoms with Gasteiger partial charge in [0, 0.05) is 37.8 Å². The second-order valence-electron chi connectivity index (χ2n) is 7.73. The van der Waals surface area contributed by atoms with Crippen molar-refractivity contribution in [2.24, 2.45) is 0 Å². The smallest absolute Gasteiger partial charge is 0.270 e. The molecule has 2 aromatic carbocycles. The van der Waals surface area contributed by atoms with Gasteiger partial charge in [0.05, 0.1) is 17.7 Å². The molecule has 0 radical (unpaired) electrons.